The number of likely N-dealkylation sites (N-methyl/N-ethyl adjacent to an activating group) is 1. The molecule has 1 heterocycles. The van der Waals surface area contributed by atoms with E-state index in [1.54, 1.807) is 0 Å². The number of carbonyl (C=O) groups is 1. The Balaban J connectivity index is 2.33. The lowest BCUT2D eigenvalue weighted by molar-refractivity contribution is -0.127. The molecule has 0 spiro atoms. The van der Waals surface area contributed by atoms with Gasteiger partial charge in [0, 0.05) is 12.6 Å². The summed E-state index contributed by atoms with van der Waals surface area (Å²) in [4.78, 5) is 14.2. The third-order valence-corrected chi connectivity index (χ3v) is 4.42. The third-order valence-electron chi connectivity index (χ3n) is 4.42. The molecule has 1 N–H and O–H groups in total. The second-order valence-electron chi connectivity index (χ2n) is 6.48. The first kappa shape index (κ1) is 18.3. The summed E-state index contributed by atoms with van der Waals surface area (Å²) in [6, 6.07) is 2.97. The number of nitrogens with one attached hydrogen (secondary N) is 1. The molecule has 0 aromatic heterocycles. The normalized spacial score (nSPS) is 21.5. The number of likely N-dealkylation sites (tertiary alicyclic amines) is 1. The van der Waals surface area contributed by atoms with Crippen molar-refractivity contribution < 1.29 is 18.0 Å². The molecule has 24 heavy (non-hydrogen) atoms. The fraction of sp³-hybridized carbons (Fsp3) is 0.529. The summed E-state index contributed by atoms with van der Waals surface area (Å²) in [5.41, 5.74) is -0.936. The van der Waals surface area contributed by atoms with E-state index >= 15 is 0 Å². The van der Waals surface area contributed by atoms with Crippen LogP contribution in [0.1, 0.15) is 38.8 Å². The number of benzene rings is 1. The van der Waals surface area contributed by atoms with E-state index in [-0.39, 0.29) is 5.56 Å². The van der Waals surface area contributed by atoms with Gasteiger partial charge in [0.15, 0.2) is 17.5 Å². The fourth-order valence-corrected chi connectivity index (χ4v) is 2.95. The van der Waals surface area contributed by atoms with Gasteiger partial charge in [0.05, 0.1) is 12.1 Å². The highest BCUT2D eigenvalue weighted by Crippen LogP contribution is 2.34. The summed E-state index contributed by atoms with van der Waals surface area (Å²) >= 11 is 0. The van der Waals surface area contributed by atoms with Crippen molar-refractivity contribution in [3.05, 3.63) is 35.1 Å². The van der Waals surface area contributed by atoms with Gasteiger partial charge in [0.25, 0.3) is 0 Å². The molecule has 1 saturated heterocycles. The van der Waals surface area contributed by atoms with Crippen LogP contribution in [-0.2, 0) is 4.79 Å². The van der Waals surface area contributed by atoms with Crippen LogP contribution >= 0.6 is 0 Å². The Hall–Kier alpha value is -2.07. The van der Waals surface area contributed by atoms with Gasteiger partial charge in [-0.05, 0) is 44.5 Å². The van der Waals surface area contributed by atoms with E-state index in [4.69, 9.17) is 5.26 Å². The number of hydrogen-bond acceptors (Lipinski definition) is 3. The summed E-state index contributed by atoms with van der Waals surface area (Å²) in [7, 11) is 0. The maximum Gasteiger partial charge on any atom is 0.240 e. The molecular formula is C17H20F3N3O. The average molecular weight is 339 g/mol. The van der Waals surface area contributed by atoms with E-state index in [0.717, 1.165) is 12.1 Å². The Morgan fingerprint density at radius 2 is 1.96 bits per heavy atom. The highest BCUT2D eigenvalue weighted by molar-refractivity contribution is 5.84. The maximum absolute atomic E-state index is 13.6. The lowest BCUT2D eigenvalue weighted by Gasteiger charge is -2.29. The fourth-order valence-electron chi connectivity index (χ4n) is 2.95. The molecule has 1 aliphatic heterocycles. The summed E-state index contributed by atoms with van der Waals surface area (Å²) in [5, 5.41) is 11.9. The number of rotatable bonds is 4. The van der Waals surface area contributed by atoms with Crippen LogP contribution in [0.3, 0.4) is 0 Å². The van der Waals surface area contributed by atoms with Crippen molar-refractivity contribution in [3.8, 4) is 6.07 Å². The van der Waals surface area contributed by atoms with Crippen LogP contribution in [0.5, 0.6) is 0 Å². The van der Waals surface area contributed by atoms with E-state index in [1.165, 1.54) is 13.8 Å². The summed E-state index contributed by atoms with van der Waals surface area (Å²) in [6.45, 7) is 6.13. The highest BCUT2D eigenvalue weighted by atomic mass is 19.2. The maximum atomic E-state index is 13.6. The highest BCUT2D eigenvalue weighted by Gasteiger charge is 2.39. The van der Waals surface area contributed by atoms with Crippen LogP contribution in [0.2, 0.25) is 0 Å². The number of carbonyl (C=O) groups excluding carboxylic acids is 1. The summed E-state index contributed by atoms with van der Waals surface area (Å²) in [6.07, 6.45) is 0.576. The Morgan fingerprint density at radius 3 is 2.46 bits per heavy atom. The number of nitrogens with zero attached hydrogens (tertiary/aromatic N) is 2. The molecule has 0 saturated carbocycles. The van der Waals surface area contributed by atoms with Gasteiger partial charge in [-0.25, -0.2) is 13.2 Å². The molecule has 0 aliphatic carbocycles. The van der Waals surface area contributed by atoms with Crippen LogP contribution < -0.4 is 5.32 Å². The van der Waals surface area contributed by atoms with Crippen LogP contribution in [-0.4, -0.2) is 29.9 Å². The number of nitriles is 1. The molecule has 0 bridgehead atoms. The largest absolute Gasteiger partial charge is 0.350 e. The lowest BCUT2D eigenvalue weighted by Crippen LogP contribution is -2.45. The second-order valence-corrected chi connectivity index (χ2v) is 6.48. The Labute approximate surface area is 139 Å². The standard InChI is InChI=1S/C17H20F3N3O/c1-4-23-6-5-13(22-16(24)17(2,3)9-21)15(23)10-7-11(18)14(20)12(19)8-10/h7-8,13,15H,4-6H2,1-3H3,(H,22,24)/t13-,15+/m0/s1. The number of halogens is 3. The Bertz CT molecular complexity index is 661. The van der Waals surface area contributed by atoms with Crippen LogP contribution in [0.15, 0.2) is 12.1 Å². The van der Waals surface area contributed by atoms with Gasteiger partial charge in [-0.3, -0.25) is 9.69 Å². The van der Waals surface area contributed by atoms with Crippen molar-refractivity contribution >= 4 is 5.91 Å². The molecule has 1 amide bonds. The Morgan fingerprint density at radius 1 is 1.38 bits per heavy atom. The Kier molecular flexibility index (Phi) is 5.19. The molecule has 7 heteroatoms. The van der Waals surface area contributed by atoms with Gasteiger partial charge in [0.1, 0.15) is 5.41 Å². The first-order valence-electron chi connectivity index (χ1n) is 7.82. The van der Waals surface area contributed by atoms with Gasteiger partial charge in [-0.2, -0.15) is 5.26 Å². The van der Waals surface area contributed by atoms with E-state index in [2.05, 4.69) is 5.32 Å². The van der Waals surface area contributed by atoms with Gasteiger partial charge in [0.2, 0.25) is 5.91 Å². The van der Waals surface area contributed by atoms with Crippen molar-refractivity contribution in [2.75, 3.05) is 13.1 Å². The van der Waals surface area contributed by atoms with Crippen molar-refractivity contribution in [2.24, 2.45) is 5.41 Å². The molecule has 0 radical (unpaired) electrons. The van der Waals surface area contributed by atoms with Crippen LogP contribution in [0.4, 0.5) is 13.2 Å². The minimum absolute atomic E-state index is 0.269. The molecule has 1 aliphatic rings. The predicted molar refractivity (Wildman–Crippen MR) is 82.2 cm³/mol. The van der Waals surface area contributed by atoms with Crippen molar-refractivity contribution in [3.63, 3.8) is 0 Å². The van der Waals surface area contributed by atoms with E-state index in [0.29, 0.717) is 19.5 Å². The molecular weight excluding hydrogens is 319 g/mol. The second kappa shape index (κ2) is 6.81. The molecule has 2 rings (SSSR count). The SMILES string of the molecule is CCN1CC[C@H](NC(=O)C(C)(C)C#N)[C@H]1c1cc(F)c(F)c(F)c1. The lowest BCUT2D eigenvalue weighted by atomic mass is 9.92. The summed E-state index contributed by atoms with van der Waals surface area (Å²) < 4.78 is 40.4. The molecule has 1 aromatic rings. The van der Waals surface area contributed by atoms with E-state index in [1.807, 2.05) is 17.9 Å². The monoisotopic (exact) mass is 339 g/mol. The third kappa shape index (κ3) is 3.39. The van der Waals surface area contributed by atoms with Crippen molar-refractivity contribution in [2.45, 2.75) is 39.3 Å². The molecule has 0 unspecified atom stereocenters. The first-order valence-corrected chi connectivity index (χ1v) is 7.82. The zero-order valence-corrected chi connectivity index (χ0v) is 13.9. The molecule has 4 nitrogen and oxygen atoms in total. The zero-order chi connectivity index (χ0) is 18.1. The van der Waals surface area contributed by atoms with E-state index in [9.17, 15) is 18.0 Å². The van der Waals surface area contributed by atoms with Crippen molar-refractivity contribution in [1.82, 2.24) is 10.2 Å². The number of amides is 1. The predicted octanol–water partition coefficient (Wildman–Crippen LogP) is 2.91. The van der Waals surface area contributed by atoms with E-state index < -0.39 is 40.9 Å². The van der Waals surface area contributed by atoms with Gasteiger partial charge in [-0.15, -0.1) is 0 Å². The topological polar surface area (TPSA) is 56.1 Å². The first-order chi connectivity index (χ1) is 11.2. The summed E-state index contributed by atoms with van der Waals surface area (Å²) in [5.74, 6) is -4.46. The smallest absolute Gasteiger partial charge is 0.240 e. The van der Waals surface area contributed by atoms with Gasteiger partial charge >= 0.3 is 0 Å². The average Bonchev–Trinajstić information content (AvgIpc) is 2.94. The van der Waals surface area contributed by atoms with Crippen molar-refractivity contribution in [1.29, 1.82) is 5.26 Å². The molecule has 130 valence electrons. The minimum Gasteiger partial charge on any atom is -0.350 e. The van der Waals surface area contributed by atoms with Crippen LogP contribution in [0.25, 0.3) is 0 Å². The zero-order valence-electron chi connectivity index (χ0n) is 13.9. The number of hydrogen-bond donors (Lipinski definition) is 1. The molecule has 1 aromatic carbocycles. The van der Waals surface area contributed by atoms with Crippen LogP contribution in [0, 0.1) is 34.2 Å². The van der Waals surface area contributed by atoms with Gasteiger partial charge < -0.3 is 5.32 Å². The molecule has 2 atom stereocenters. The quantitative estimate of drug-likeness (QED) is 0.858. The minimum atomic E-state index is -1.51. The van der Waals surface area contributed by atoms with Gasteiger partial charge in [-0.1, -0.05) is 6.92 Å². The molecule has 1 fully saturated rings.